The number of urea groups is 1. The van der Waals surface area contributed by atoms with Gasteiger partial charge in [0.05, 0.1) is 0 Å². The Kier molecular flexibility index (Phi) is 7.14. The Morgan fingerprint density at radius 1 is 1.27 bits per heavy atom. The topological polar surface area (TPSA) is 83.6 Å². The van der Waals surface area contributed by atoms with Gasteiger partial charge in [-0.15, -0.1) is 11.3 Å². The van der Waals surface area contributed by atoms with Crippen molar-refractivity contribution >= 4 is 23.3 Å². The molecule has 0 bridgehead atoms. The number of pyridine rings is 1. The molecule has 7 nitrogen and oxygen atoms in total. The summed E-state index contributed by atoms with van der Waals surface area (Å²) in [5, 5.41) is 7.21. The maximum absolute atomic E-state index is 12.3. The Balaban J connectivity index is 1.36. The number of fused-ring (bicyclic) bond motifs is 1. The first-order chi connectivity index (χ1) is 14.3. The lowest BCUT2D eigenvalue weighted by atomic mass is 10.1. The summed E-state index contributed by atoms with van der Waals surface area (Å²) >= 11 is 1.70. The van der Waals surface area contributed by atoms with Gasteiger partial charge in [0, 0.05) is 49.7 Å². The average molecular weight is 442 g/mol. The van der Waals surface area contributed by atoms with Gasteiger partial charge in [-0.25, -0.2) is 9.78 Å². The first-order valence-corrected chi connectivity index (χ1v) is 10.2. The van der Waals surface area contributed by atoms with Gasteiger partial charge in [-0.3, -0.25) is 4.79 Å². The van der Waals surface area contributed by atoms with Crippen LogP contribution in [0.3, 0.4) is 0 Å². The minimum atomic E-state index is -4.45. The van der Waals surface area contributed by atoms with E-state index in [0.29, 0.717) is 18.7 Å². The van der Waals surface area contributed by atoms with E-state index in [1.807, 2.05) is 11.4 Å². The first kappa shape index (κ1) is 21.9. The third-order valence-corrected chi connectivity index (χ3v) is 5.44. The second-order valence-corrected chi connectivity index (χ2v) is 7.70. The van der Waals surface area contributed by atoms with E-state index in [1.54, 1.807) is 22.3 Å². The van der Waals surface area contributed by atoms with Crippen LogP contribution in [0.25, 0.3) is 0 Å². The Hall–Kier alpha value is -2.82. The first-order valence-electron chi connectivity index (χ1n) is 9.29. The van der Waals surface area contributed by atoms with Crippen molar-refractivity contribution in [2.45, 2.75) is 32.1 Å². The summed E-state index contributed by atoms with van der Waals surface area (Å²) in [6.45, 7) is 0.117. The van der Waals surface area contributed by atoms with Crippen molar-refractivity contribution in [1.82, 2.24) is 20.5 Å². The summed E-state index contributed by atoms with van der Waals surface area (Å²) in [4.78, 5) is 31.0. The molecule has 1 aliphatic heterocycles. The van der Waals surface area contributed by atoms with Gasteiger partial charge < -0.3 is 20.3 Å². The van der Waals surface area contributed by atoms with Crippen molar-refractivity contribution in [2.75, 3.05) is 19.7 Å². The molecule has 2 aromatic heterocycles. The quantitative estimate of drug-likeness (QED) is 0.691. The van der Waals surface area contributed by atoms with Crippen LogP contribution in [0, 0.1) is 0 Å². The number of rotatable bonds is 7. The number of hydrogen-bond donors (Lipinski definition) is 2. The van der Waals surface area contributed by atoms with Gasteiger partial charge in [-0.2, -0.15) is 13.2 Å². The van der Waals surface area contributed by atoms with Crippen molar-refractivity contribution in [2.24, 2.45) is 0 Å². The molecule has 0 spiro atoms. The normalized spacial score (nSPS) is 13.5. The fourth-order valence-corrected chi connectivity index (χ4v) is 3.83. The second-order valence-electron chi connectivity index (χ2n) is 6.70. The second kappa shape index (κ2) is 9.79. The Morgan fingerprint density at radius 2 is 2.10 bits per heavy atom. The van der Waals surface area contributed by atoms with Gasteiger partial charge in [-0.1, -0.05) is 0 Å². The molecule has 0 saturated heterocycles. The van der Waals surface area contributed by atoms with E-state index >= 15 is 0 Å². The number of thiophene rings is 1. The third kappa shape index (κ3) is 6.61. The zero-order valence-electron chi connectivity index (χ0n) is 16.0. The van der Waals surface area contributed by atoms with Crippen LogP contribution in [-0.4, -0.2) is 47.7 Å². The summed E-state index contributed by atoms with van der Waals surface area (Å²) in [7, 11) is 0. The number of aromatic nitrogens is 1. The molecule has 2 aromatic rings. The van der Waals surface area contributed by atoms with Gasteiger partial charge >= 0.3 is 12.2 Å². The molecule has 0 fully saturated rings. The molecule has 0 radical (unpaired) electrons. The van der Waals surface area contributed by atoms with Gasteiger partial charge in [-0.05, 0) is 35.1 Å². The Morgan fingerprint density at radius 3 is 2.90 bits per heavy atom. The minimum Gasteiger partial charge on any atom is -0.468 e. The predicted molar refractivity (Wildman–Crippen MR) is 104 cm³/mol. The summed E-state index contributed by atoms with van der Waals surface area (Å²) in [5.74, 6) is -0.194. The molecule has 1 aliphatic rings. The highest BCUT2D eigenvalue weighted by atomic mass is 32.1. The standard InChI is InChI=1S/C19H21F3N4O3S/c20-19(21,22)12-29-16-9-13(1-5-23-16)10-25-18(28)24-6-2-17(27)26-7-3-15-14(11-26)4-8-30-15/h1,4-5,8-9H,2-3,6-7,10-12H2,(H2,24,25,28). The summed E-state index contributed by atoms with van der Waals surface area (Å²) < 4.78 is 41.2. The maximum atomic E-state index is 12.3. The number of ether oxygens (including phenoxy) is 1. The lowest BCUT2D eigenvalue weighted by Crippen LogP contribution is -2.40. The van der Waals surface area contributed by atoms with Gasteiger partial charge in [0.2, 0.25) is 11.8 Å². The van der Waals surface area contributed by atoms with E-state index in [4.69, 9.17) is 0 Å². The number of nitrogens with zero attached hydrogens (tertiary/aromatic N) is 2. The number of hydrogen-bond acceptors (Lipinski definition) is 5. The van der Waals surface area contributed by atoms with E-state index in [-0.39, 0.29) is 31.3 Å². The van der Waals surface area contributed by atoms with Gasteiger partial charge in [0.1, 0.15) is 0 Å². The Bertz CT molecular complexity index is 888. The molecular weight excluding hydrogens is 421 g/mol. The highest BCUT2D eigenvalue weighted by molar-refractivity contribution is 7.10. The van der Waals surface area contributed by atoms with E-state index in [2.05, 4.69) is 20.4 Å². The van der Waals surface area contributed by atoms with Gasteiger partial charge in [0.25, 0.3) is 0 Å². The number of carbonyl (C=O) groups excluding carboxylic acids is 2. The summed E-state index contributed by atoms with van der Waals surface area (Å²) in [6, 6.07) is 4.43. The largest absolute Gasteiger partial charge is 0.468 e. The van der Waals surface area contributed by atoms with Crippen LogP contribution in [0.1, 0.15) is 22.4 Å². The molecule has 2 N–H and O–H groups in total. The number of nitrogens with one attached hydrogen (secondary N) is 2. The summed E-state index contributed by atoms with van der Waals surface area (Å²) in [5.41, 5.74) is 1.72. The molecule has 162 valence electrons. The van der Waals surface area contributed by atoms with Crippen LogP contribution in [0.4, 0.5) is 18.0 Å². The van der Waals surface area contributed by atoms with Crippen LogP contribution in [-0.2, 0) is 24.3 Å². The minimum absolute atomic E-state index is 0.0206. The molecule has 0 saturated carbocycles. The average Bonchev–Trinajstić information content (AvgIpc) is 3.18. The lowest BCUT2D eigenvalue weighted by Gasteiger charge is -2.27. The van der Waals surface area contributed by atoms with Crippen molar-refractivity contribution < 1.29 is 27.5 Å². The van der Waals surface area contributed by atoms with Crippen LogP contribution < -0.4 is 15.4 Å². The lowest BCUT2D eigenvalue weighted by molar-refractivity contribution is -0.154. The zero-order chi connectivity index (χ0) is 21.6. The van der Waals surface area contributed by atoms with Crippen LogP contribution >= 0.6 is 11.3 Å². The van der Waals surface area contributed by atoms with E-state index < -0.39 is 18.8 Å². The number of alkyl halides is 3. The third-order valence-electron chi connectivity index (χ3n) is 4.42. The monoisotopic (exact) mass is 442 g/mol. The zero-order valence-corrected chi connectivity index (χ0v) is 16.8. The molecule has 0 atom stereocenters. The van der Waals surface area contributed by atoms with Crippen molar-refractivity contribution in [1.29, 1.82) is 0 Å². The van der Waals surface area contributed by atoms with E-state index in [1.165, 1.54) is 22.7 Å². The van der Waals surface area contributed by atoms with Crippen molar-refractivity contribution in [3.8, 4) is 5.88 Å². The molecule has 0 unspecified atom stereocenters. The summed E-state index contributed by atoms with van der Waals surface area (Å²) in [6.07, 6.45) is -2.10. The van der Waals surface area contributed by atoms with E-state index in [9.17, 15) is 22.8 Å². The molecule has 0 aliphatic carbocycles. The van der Waals surface area contributed by atoms with Gasteiger partial charge in [0.15, 0.2) is 6.61 Å². The number of amides is 3. The predicted octanol–water partition coefficient (Wildman–Crippen LogP) is 2.86. The van der Waals surface area contributed by atoms with Crippen LogP contribution in [0.5, 0.6) is 5.88 Å². The highest BCUT2D eigenvalue weighted by Gasteiger charge is 2.28. The van der Waals surface area contributed by atoms with Crippen LogP contribution in [0.15, 0.2) is 29.8 Å². The SMILES string of the molecule is O=C(NCCC(=O)N1CCc2sccc2C1)NCc1ccnc(OCC(F)(F)F)c1. The molecule has 3 rings (SSSR count). The van der Waals surface area contributed by atoms with E-state index in [0.717, 1.165) is 6.42 Å². The van der Waals surface area contributed by atoms with Crippen molar-refractivity contribution in [3.05, 3.63) is 45.8 Å². The molecule has 0 aromatic carbocycles. The Labute approximate surface area is 175 Å². The maximum Gasteiger partial charge on any atom is 0.422 e. The number of halogens is 3. The van der Waals surface area contributed by atoms with Crippen LogP contribution in [0.2, 0.25) is 0 Å². The molecule has 3 amide bonds. The fourth-order valence-electron chi connectivity index (χ4n) is 2.94. The highest BCUT2D eigenvalue weighted by Crippen LogP contribution is 2.24. The molecule has 30 heavy (non-hydrogen) atoms. The molecule has 3 heterocycles. The fraction of sp³-hybridized carbons (Fsp3) is 0.421. The smallest absolute Gasteiger partial charge is 0.422 e. The number of carbonyl (C=O) groups is 2. The molecular formula is C19H21F3N4O3S. The van der Waals surface area contributed by atoms with Crippen molar-refractivity contribution in [3.63, 3.8) is 0 Å². The molecule has 11 heteroatoms.